The molecule has 8 heteroatoms. The quantitative estimate of drug-likeness (QED) is 0.628. The molecule has 8 nitrogen and oxygen atoms in total. The molecule has 0 aliphatic rings. The minimum atomic E-state index is -0.441. The highest BCUT2D eigenvalue weighted by molar-refractivity contribution is 5.91. The van der Waals surface area contributed by atoms with Crippen molar-refractivity contribution < 1.29 is 23.2 Å². The van der Waals surface area contributed by atoms with Gasteiger partial charge in [-0.25, -0.2) is 0 Å². The fourth-order valence-corrected chi connectivity index (χ4v) is 2.76. The summed E-state index contributed by atoms with van der Waals surface area (Å²) in [5.41, 5.74) is 0.716. The average Bonchev–Trinajstić information content (AvgIpc) is 3.43. The predicted octanol–water partition coefficient (Wildman–Crippen LogP) is 3.86. The maximum atomic E-state index is 12.4. The highest BCUT2D eigenvalue weighted by atomic mass is 16.5. The minimum Gasteiger partial charge on any atom is -0.493 e. The van der Waals surface area contributed by atoms with E-state index in [1.54, 1.807) is 38.5 Å². The molecular formula is C20H23N3O5. The van der Waals surface area contributed by atoms with E-state index in [1.807, 2.05) is 19.9 Å². The van der Waals surface area contributed by atoms with Crippen LogP contribution < -0.4 is 14.8 Å². The monoisotopic (exact) mass is 385 g/mol. The first-order chi connectivity index (χ1) is 13.6. The maximum absolute atomic E-state index is 12.4. The Kier molecular flexibility index (Phi) is 5.98. The molecule has 0 spiro atoms. The summed E-state index contributed by atoms with van der Waals surface area (Å²) in [4.78, 5) is 16.9. The summed E-state index contributed by atoms with van der Waals surface area (Å²) in [5.74, 6) is 1.89. The molecule has 2 atom stereocenters. The third kappa shape index (κ3) is 4.00. The van der Waals surface area contributed by atoms with E-state index in [0.29, 0.717) is 28.8 Å². The number of nitrogens with zero attached hydrogens (tertiary/aromatic N) is 2. The fourth-order valence-electron chi connectivity index (χ4n) is 2.76. The van der Waals surface area contributed by atoms with Crippen molar-refractivity contribution in [1.82, 2.24) is 15.5 Å². The van der Waals surface area contributed by atoms with Crippen molar-refractivity contribution in [2.45, 2.75) is 26.3 Å². The molecule has 0 fully saturated rings. The van der Waals surface area contributed by atoms with Gasteiger partial charge in [0.15, 0.2) is 17.3 Å². The predicted molar refractivity (Wildman–Crippen MR) is 101 cm³/mol. The zero-order valence-electron chi connectivity index (χ0n) is 16.3. The molecule has 2 aromatic heterocycles. The fraction of sp³-hybridized carbons (Fsp3) is 0.350. The number of aromatic nitrogens is 2. The van der Waals surface area contributed by atoms with Crippen LogP contribution >= 0.6 is 0 Å². The second kappa shape index (κ2) is 8.60. The normalized spacial score (nSPS) is 13.0. The van der Waals surface area contributed by atoms with Crippen molar-refractivity contribution >= 4 is 5.91 Å². The Morgan fingerprint density at radius 2 is 2.00 bits per heavy atom. The van der Waals surface area contributed by atoms with Crippen LogP contribution in [-0.2, 0) is 0 Å². The lowest BCUT2D eigenvalue weighted by Crippen LogP contribution is -2.32. The van der Waals surface area contributed by atoms with Gasteiger partial charge in [-0.3, -0.25) is 4.79 Å². The van der Waals surface area contributed by atoms with Gasteiger partial charge in [-0.2, -0.15) is 4.98 Å². The van der Waals surface area contributed by atoms with Crippen LogP contribution in [-0.4, -0.2) is 30.3 Å². The number of benzene rings is 1. The number of methoxy groups -OCH3 is 2. The van der Waals surface area contributed by atoms with Crippen LogP contribution in [0.5, 0.6) is 11.5 Å². The van der Waals surface area contributed by atoms with E-state index in [0.717, 1.165) is 6.42 Å². The number of carbonyl (C=O) groups excluding carboxylic acids is 1. The summed E-state index contributed by atoms with van der Waals surface area (Å²) in [6, 6.07) is 8.18. The molecule has 0 saturated carbocycles. The number of nitrogens with one attached hydrogen (secondary N) is 1. The van der Waals surface area contributed by atoms with Crippen molar-refractivity contribution in [3.63, 3.8) is 0 Å². The van der Waals surface area contributed by atoms with Crippen molar-refractivity contribution in [2.24, 2.45) is 5.92 Å². The van der Waals surface area contributed by atoms with Crippen LogP contribution in [0, 0.1) is 5.92 Å². The van der Waals surface area contributed by atoms with E-state index in [9.17, 15) is 4.79 Å². The number of hydrogen-bond donors (Lipinski definition) is 1. The lowest BCUT2D eigenvalue weighted by molar-refractivity contribution is 0.0882. The van der Waals surface area contributed by atoms with Crippen molar-refractivity contribution in [2.75, 3.05) is 14.2 Å². The molecule has 3 rings (SSSR count). The van der Waals surface area contributed by atoms with Gasteiger partial charge in [0, 0.05) is 5.56 Å². The molecule has 2 heterocycles. The van der Waals surface area contributed by atoms with Gasteiger partial charge in [0.2, 0.25) is 11.7 Å². The van der Waals surface area contributed by atoms with Gasteiger partial charge in [0.05, 0.1) is 20.5 Å². The van der Waals surface area contributed by atoms with Crippen LogP contribution in [0.4, 0.5) is 0 Å². The largest absolute Gasteiger partial charge is 0.493 e. The number of furan rings is 1. The molecule has 0 aliphatic heterocycles. The van der Waals surface area contributed by atoms with Crippen LogP contribution in [0.25, 0.3) is 11.4 Å². The molecule has 1 aromatic carbocycles. The first-order valence-electron chi connectivity index (χ1n) is 8.97. The second-order valence-corrected chi connectivity index (χ2v) is 6.34. The Morgan fingerprint density at radius 1 is 1.21 bits per heavy atom. The molecule has 0 saturated heterocycles. The number of hydrogen-bond acceptors (Lipinski definition) is 7. The number of carbonyl (C=O) groups is 1. The van der Waals surface area contributed by atoms with Gasteiger partial charge in [0.1, 0.15) is 6.04 Å². The molecule has 0 bridgehead atoms. The summed E-state index contributed by atoms with van der Waals surface area (Å²) in [6.07, 6.45) is 2.27. The molecule has 0 radical (unpaired) electrons. The standard InChI is InChI=1S/C20H23N3O5/c1-5-12(2)17(21-19(24)15-7-6-10-27-15)20-22-18(23-28-20)13-8-9-14(25-3)16(11-13)26-4/h6-12,17H,5H2,1-4H3,(H,21,24)/t12-,17+/m0/s1. The first kappa shape index (κ1) is 19.5. The smallest absolute Gasteiger partial charge is 0.287 e. The van der Waals surface area contributed by atoms with Gasteiger partial charge in [0.25, 0.3) is 5.91 Å². The third-order valence-corrected chi connectivity index (χ3v) is 4.59. The summed E-state index contributed by atoms with van der Waals surface area (Å²) < 4.78 is 21.2. The number of amides is 1. The molecule has 1 N–H and O–H groups in total. The summed E-state index contributed by atoms with van der Waals surface area (Å²) in [7, 11) is 3.13. The summed E-state index contributed by atoms with van der Waals surface area (Å²) in [5, 5.41) is 6.99. The molecule has 0 unspecified atom stereocenters. The molecule has 0 aliphatic carbocycles. The summed E-state index contributed by atoms with van der Waals surface area (Å²) in [6.45, 7) is 4.04. The molecule has 148 valence electrons. The summed E-state index contributed by atoms with van der Waals surface area (Å²) >= 11 is 0. The SMILES string of the molecule is CC[C@H](C)[C@@H](NC(=O)c1ccco1)c1nc(-c2ccc(OC)c(OC)c2)no1. The van der Waals surface area contributed by atoms with Gasteiger partial charge in [-0.05, 0) is 36.2 Å². The Bertz CT molecular complexity index is 920. The van der Waals surface area contributed by atoms with Crippen molar-refractivity contribution in [3.8, 4) is 22.9 Å². The van der Waals surface area contributed by atoms with E-state index in [-0.39, 0.29) is 17.6 Å². The van der Waals surface area contributed by atoms with Crippen molar-refractivity contribution in [1.29, 1.82) is 0 Å². The lowest BCUT2D eigenvalue weighted by Gasteiger charge is -2.20. The molecular weight excluding hydrogens is 362 g/mol. The molecule has 28 heavy (non-hydrogen) atoms. The second-order valence-electron chi connectivity index (χ2n) is 6.34. The Hall–Kier alpha value is -3.29. The van der Waals surface area contributed by atoms with Crippen LogP contribution in [0.15, 0.2) is 45.5 Å². The van der Waals surface area contributed by atoms with E-state index < -0.39 is 6.04 Å². The highest BCUT2D eigenvalue weighted by Crippen LogP contribution is 2.32. The number of ether oxygens (including phenoxy) is 2. The minimum absolute atomic E-state index is 0.0811. The van der Waals surface area contributed by atoms with Gasteiger partial charge < -0.3 is 23.7 Å². The maximum Gasteiger partial charge on any atom is 0.287 e. The number of rotatable bonds is 8. The Balaban J connectivity index is 1.87. The van der Waals surface area contributed by atoms with Crippen molar-refractivity contribution in [3.05, 3.63) is 48.2 Å². The Morgan fingerprint density at radius 3 is 2.64 bits per heavy atom. The molecule has 3 aromatic rings. The third-order valence-electron chi connectivity index (χ3n) is 4.59. The average molecular weight is 385 g/mol. The van der Waals surface area contributed by atoms with E-state index in [1.165, 1.54) is 6.26 Å². The van der Waals surface area contributed by atoms with Gasteiger partial charge in [-0.1, -0.05) is 25.4 Å². The van der Waals surface area contributed by atoms with E-state index in [4.69, 9.17) is 18.4 Å². The van der Waals surface area contributed by atoms with E-state index >= 15 is 0 Å². The van der Waals surface area contributed by atoms with Crippen LogP contribution in [0.2, 0.25) is 0 Å². The highest BCUT2D eigenvalue weighted by Gasteiger charge is 2.27. The van der Waals surface area contributed by atoms with Gasteiger partial charge >= 0.3 is 0 Å². The zero-order valence-corrected chi connectivity index (χ0v) is 16.3. The van der Waals surface area contributed by atoms with Crippen LogP contribution in [0.3, 0.4) is 0 Å². The Labute approximate surface area is 162 Å². The first-order valence-corrected chi connectivity index (χ1v) is 8.97. The van der Waals surface area contributed by atoms with Crippen LogP contribution in [0.1, 0.15) is 42.8 Å². The topological polar surface area (TPSA) is 99.6 Å². The van der Waals surface area contributed by atoms with E-state index in [2.05, 4.69) is 15.5 Å². The lowest BCUT2D eigenvalue weighted by atomic mass is 9.99. The molecule has 1 amide bonds. The zero-order chi connectivity index (χ0) is 20.1. The van der Waals surface area contributed by atoms with Gasteiger partial charge in [-0.15, -0.1) is 0 Å².